The molecule has 0 radical (unpaired) electrons. The summed E-state index contributed by atoms with van der Waals surface area (Å²) in [7, 11) is 0.563. The quantitative estimate of drug-likeness (QED) is 0.0795. The highest BCUT2D eigenvalue weighted by Gasteiger charge is 2.32. The summed E-state index contributed by atoms with van der Waals surface area (Å²) in [4.78, 5) is 0. The van der Waals surface area contributed by atoms with Crippen LogP contribution in [0.25, 0.3) is 0 Å². The Morgan fingerprint density at radius 1 is 0.333 bits per heavy atom. The first kappa shape index (κ1) is 33.2. The molecule has 0 saturated carbocycles. The zero-order chi connectivity index (χ0) is 24.3. The lowest BCUT2D eigenvalue weighted by Gasteiger charge is -2.30. The van der Waals surface area contributed by atoms with Crippen LogP contribution in [0.4, 0.5) is 0 Å². The molecule has 2 heteroatoms. The van der Waals surface area contributed by atoms with Crippen LogP contribution in [0.2, 0.25) is 18.1 Å². The molecule has 0 aliphatic heterocycles. The van der Waals surface area contributed by atoms with Gasteiger partial charge in [-0.15, -0.1) is 0 Å². The van der Waals surface area contributed by atoms with Gasteiger partial charge in [-0.1, -0.05) is 175 Å². The molecular formula is C31H66OSi. The monoisotopic (exact) mass is 482 g/mol. The van der Waals surface area contributed by atoms with Crippen LogP contribution in [-0.4, -0.2) is 15.4 Å². The number of hydrogen-bond acceptors (Lipinski definition) is 1. The first-order valence-electron chi connectivity index (χ1n) is 15.8. The Balaban J connectivity index is 4.23. The van der Waals surface area contributed by atoms with Crippen LogP contribution in [0.15, 0.2) is 0 Å². The lowest BCUT2D eigenvalue weighted by atomic mass is 10.1. The molecule has 0 spiro atoms. The van der Waals surface area contributed by atoms with Gasteiger partial charge >= 0.3 is 0 Å². The van der Waals surface area contributed by atoms with Gasteiger partial charge in [0.15, 0.2) is 8.32 Å². The maximum atomic E-state index is 6.46. The molecule has 0 unspecified atom stereocenters. The third-order valence-corrected chi connectivity index (χ3v) is 12.6. The molecule has 0 aliphatic rings. The molecular weight excluding hydrogens is 416 g/mol. The van der Waals surface area contributed by atoms with Crippen LogP contribution in [0.1, 0.15) is 175 Å². The molecule has 0 rings (SSSR count). The third kappa shape index (κ3) is 22.4. The van der Waals surface area contributed by atoms with Gasteiger partial charge in [0, 0.05) is 7.11 Å². The number of unbranched alkanes of at least 4 members (excludes halogenated alkanes) is 21. The van der Waals surface area contributed by atoms with Crippen molar-refractivity contribution in [2.24, 2.45) is 0 Å². The van der Waals surface area contributed by atoms with Crippen molar-refractivity contribution in [1.29, 1.82) is 0 Å². The zero-order valence-electron chi connectivity index (χ0n) is 24.0. The largest absolute Gasteiger partial charge is 0.420 e. The lowest BCUT2D eigenvalue weighted by Crippen LogP contribution is -2.36. The first-order chi connectivity index (χ1) is 16.2. The normalized spacial score (nSPS) is 12.0. The third-order valence-electron chi connectivity index (χ3n) is 7.89. The van der Waals surface area contributed by atoms with E-state index in [1.54, 1.807) is 0 Å². The number of rotatable bonds is 28. The van der Waals surface area contributed by atoms with Crippen molar-refractivity contribution in [2.75, 3.05) is 7.11 Å². The van der Waals surface area contributed by atoms with Crippen molar-refractivity contribution >= 4 is 8.32 Å². The first-order valence-corrected chi connectivity index (χ1v) is 18.3. The molecule has 0 fully saturated rings. The summed E-state index contributed by atoms with van der Waals surface area (Å²) >= 11 is 0. The van der Waals surface area contributed by atoms with E-state index in [0.717, 1.165) is 0 Å². The van der Waals surface area contributed by atoms with Crippen LogP contribution in [0.3, 0.4) is 0 Å². The predicted molar refractivity (Wildman–Crippen MR) is 155 cm³/mol. The van der Waals surface area contributed by atoms with E-state index in [1.807, 2.05) is 0 Å². The van der Waals surface area contributed by atoms with Crippen LogP contribution < -0.4 is 0 Å². The van der Waals surface area contributed by atoms with Crippen molar-refractivity contribution in [1.82, 2.24) is 0 Å². The fourth-order valence-corrected chi connectivity index (χ4v) is 9.47. The Morgan fingerprint density at radius 2 is 0.545 bits per heavy atom. The Morgan fingerprint density at radius 3 is 0.758 bits per heavy atom. The molecule has 0 saturated heterocycles. The van der Waals surface area contributed by atoms with Gasteiger partial charge in [0.2, 0.25) is 0 Å². The van der Waals surface area contributed by atoms with Gasteiger partial charge in [-0.25, -0.2) is 0 Å². The summed E-state index contributed by atoms with van der Waals surface area (Å²) in [6, 6.07) is 4.31. The minimum atomic E-state index is -1.51. The van der Waals surface area contributed by atoms with Crippen molar-refractivity contribution in [2.45, 2.75) is 193 Å². The molecule has 0 amide bonds. The molecule has 0 atom stereocenters. The van der Waals surface area contributed by atoms with Gasteiger partial charge in [-0.3, -0.25) is 0 Å². The van der Waals surface area contributed by atoms with Crippen LogP contribution >= 0.6 is 0 Å². The minimum absolute atomic E-state index is 1.36. The van der Waals surface area contributed by atoms with Crippen LogP contribution in [0, 0.1) is 0 Å². The molecule has 0 aliphatic carbocycles. The SMILES string of the molecule is CCCCCCCCCC[Si](CCCCCCCCCC)(CCCCCCCCCC)OC. The van der Waals surface area contributed by atoms with E-state index in [1.165, 1.54) is 172 Å². The Kier molecular flexibility index (Phi) is 26.9. The van der Waals surface area contributed by atoms with Crippen LogP contribution in [0.5, 0.6) is 0 Å². The molecule has 0 aromatic heterocycles. The highest BCUT2D eigenvalue weighted by Crippen LogP contribution is 2.30. The molecule has 0 heterocycles. The maximum Gasteiger partial charge on any atom is 0.192 e. The summed E-state index contributed by atoms with van der Waals surface area (Å²) in [6.45, 7) is 6.94. The van der Waals surface area contributed by atoms with Crippen molar-refractivity contribution in [3.63, 3.8) is 0 Å². The van der Waals surface area contributed by atoms with E-state index in [-0.39, 0.29) is 0 Å². The van der Waals surface area contributed by atoms with E-state index >= 15 is 0 Å². The van der Waals surface area contributed by atoms with Gasteiger partial charge in [0.25, 0.3) is 0 Å². The fraction of sp³-hybridized carbons (Fsp3) is 1.00. The summed E-state index contributed by atoms with van der Waals surface area (Å²) in [5.41, 5.74) is 0. The Labute approximate surface area is 212 Å². The topological polar surface area (TPSA) is 9.23 Å². The van der Waals surface area contributed by atoms with Gasteiger partial charge in [-0.2, -0.15) is 0 Å². The van der Waals surface area contributed by atoms with Crippen molar-refractivity contribution < 1.29 is 4.43 Å². The second kappa shape index (κ2) is 26.8. The molecule has 33 heavy (non-hydrogen) atoms. The number of hydrogen-bond donors (Lipinski definition) is 0. The highest BCUT2D eigenvalue weighted by atomic mass is 28.4. The standard InChI is InChI=1S/C31H66OSi/c1-5-8-11-14-17-20-23-26-29-33(32-4,30-27-24-21-18-15-12-9-6-2)31-28-25-22-19-16-13-10-7-3/h5-31H2,1-4H3. The van der Waals surface area contributed by atoms with E-state index in [2.05, 4.69) is 27.9 Å². The molecule has 0 aromatic carbocycles. The highest BCUT2D eigenvalue weighted by molar-refractivity contribution is 6.73. The van der Waals surface area contributed by atoms with Gasteiger partial charge in [0.1, 0.15) is 0 Å². The van der Waals surface area contributed by atoms with Gasteiger partial charge < -0.3 is 4.43 Å². The fourth-order valence-electron chi connectivity index (χ4n) is 5.42. The smallest absolute Gasteiger partial charge is 0.192 e. The lowest BCUT2D eigenvalue weighted by molar-refractivity contribution is 0.380. The van der Waals surface area contributed by atoms with Gasteiger partial charge in [-0.05, 0) is 18.1 Å². The second-order valence-electron chi connectivity index (χ2n) is 11.1. The van der Waals surface area contributed by atoms with Crippen molar-refractivity contribution in [3.8, 4) is 0 Å². The van der Waals surface area contributed by atoms with E-state index in [0.29, 0.717) is 0 Å². The predicted octanol–water partition coefficient (Wildman–Crippen LogP) is 12.0. The molecule has 0 N–H and O–H groups in total. The maximum absolute atomic E-state index is 6.46. The summed E-state index contributed by atoms with van der Waals surface area (Å²) in [5.74, 6) is 0. The Hall–Kier alpha value is 0.177. The van der Waals surface area contributed by atoms with Crippen molar-refractivity contribution in [3.05, 3.63) is 0 Å². The molecule has 200 valence electrons. The average molecular weight is 483 g/mol. The second-order valence-corrected chi connectivity index (χ2v) is 15.3. The summed E-state index contributed by atoms with van der Waals surface area (Å²) < 4.78 is 6.46. The van der Waals surface area contributed by atoms with E-state index in [4.69, 9.17) is 4.43 Å². The molecule has 0 aromatic rings. The zero-order valence-corrected chi connectivity index (χ0v) is 25.0. The summed E-state index contributed by atoms with van der Waals surface area (Å²) in [5, 5.41) is 0. The minimum Gasteiger partial charge on any atom is -0.420 e. The van der Waals surface area contributed by atoms with E-state index < -0.39 is 8.32 Å². The average Bonchev–Trinajstić information content (AvgIpc) is 2.83. The Bertz CT molecular complexity index is 307. The van der Waals surface area contributed by atoms with Gasteiger partial charge in [0.05, 0.1) is 0 Å². The molecule has 0 bridgehead atoms. The summed E-state index contributed by atoms with van der Waals surface area (Å²) in [6.07, 6.45) is 34.4. The van der Waals surface area contributed by atoms with Crippen LogP contribution in [-0.2, 0) is 4.43 Å². The molecule has 1 nitrogen and oxygen atoms in total. The van der Waals surface area contributed by atoms with E-state index in [9.17, 15) is 0 Å².